The van der Waals surface area contributed by atoms with Gasteiger partial charge in [0.05, 0.1) is 5.92 Å². The standard InChI is InChI=1S/C21H29NO3/c23-19(16-18(20(24)25)15-17-7-3-1-4-8-17)22-13-11-21(12-14-22)9-5-2-6-10-21/h1,3-4,7-8,18H,2,5-6,9-16H2,(H,24,25)/t18-/m0/s1. The van der Waals surface area contributed by atoms with Crippen LogP contribution in [-0.2, 0) is 16.0 Å². The number of nitrogens with zero attached hydrogens (tertiary/aromatic N) is 1. The van der Waals surface area contributed by atoms with E-state index in [9.17, 15) is 14.7 Å². The smallest absolute Gasteiger partial charge is 0.307 e. The van der Waals surface area contributed by atoms with E-state index in [1.54, 1.807) is 0 Å². The summed E-state index contributed by atoms with van der Waals surface area (Å²) in [5, 5.41) is 9.51. The number of benzene rings is 1. The molecule has 2 fully saturated rings. The number of hydrogen-bond acceptors (Lipinski definition) is 2. The molecule has 2 aliphatic rings. The second kappa shape index (κ2) is 8.03. The topological polar surface area (TPSA) is 57.6 Å². The summed E-state index contributed by atoms with van der Waals surface area (Å²) in [5.74, 6) is -1.51. The van der Waals surface area contributed by atoms with Crippen molar-refractivity contribution >= 4 is 11.9 Å². The molecule has 1 N–H and O–H groups in total. The molecule has 1 heterocycles. The van der Waals surface area contributed by atoms with E-state index in [4.69, 9.17) is 0 Å². The third-order valence-corrected chi connectivity index (χ3v) is 6.19. The zero-order chi connectivity index (χ0) is 17.7. The average Bonchev–Trinajstić information content (AvgIpc) is 2.63. The molecule has 1 saturated carbocycles. The van der Waals surface area contributed by atoms with Gasteiger partial charge in [-0.2, -0.15) is 0 Å². The Kier molecular flexibility index (Phi) is 5.77. The number of piperidine rings is 1. The minimum Gasteiger partial charge on any atom is -0.481 e. The van der Waals surface area contributed by atoms with Gasteiger partial charge in [0, 0.05) is 19.5 Å². The highest BCUT2D eigenvalue weighted by molar-refractivity contribution is 5.82. The molecule has 4 nitrogen and oxygen atoms in total. The summed E-state index contributed by atoms with van der Waals surface area (Å²) in [5.41, 5.74) is 1.44. The van der Waals surface area contributed by atoms with E-state index in [-0.39, 0.29) is 12.3 Å². The average molecular weight is 343 g/mol. The van der Waals surface area contributed by atoms with Crippen LogP contribution in [0.15, 0.2) is 30.3 Å². The van der Waals surface area contributed by atoms with Crippen molar-refractivity contribution in [3.05, 3.63) is 35.9 Å². The summed E-state index contributed by atoms with van der Waals surface area (Å²) in [6, 6.07) is 9.58. The van der Waals surface area contributed by atoms with Crippen molar-refractivity contribution in [2.75, 3.05) is 13.1 Å². The minimum absolute atomic E-state index is 0.00832. The highest BCUT2D eigenvalue weighted by Crippen LogP contribution is 2.44. The van der Waals surface area contributed by atoms with Crippen LogP contribution in [0.2, 0.25) is 0 Å². The van der Waals surface area contributed by atoms with Crippen molar-refractivity contribution in [2.24, 2.45) is 11.3 Å². The molecule has 136 valence electrons. The lowest BCUT2D eigenvalue weighted by Gasteiger charge is -2.44. The third-order valence-electron chi connectivity index (χ3n) is 6.19. The number of carboxylic acids is 1. The number of carbonyl (C=O) groups excluding carboxylic acids is 1. The van der Waals surface area contributed by atoms with E-state index in [2.05, 4.69) is 0 Å². The Balaban J connectivity index is 1.54. The van der Waals surface area contributed by atoms with E-state index < -0.39 is 11.9 Å². The van der Waals surface area contributed by atoms with E-state index in [0.29, 0.717) is 11.8 Å². The van der Waals surface area contributed by atoms with Gasteiger partial charge in [0.1, 0.15) is 0 Å². The number of hydrogen-bond donors (Lipinski definition) is 1. The van der Waals surface area contributed by atoms with Crippen LogP contribution in [0.5, 0.6) is 0 Å². The van der Waals surface area contributed by atoms with Crippen molar-refractivity contribution in [1.29, 1.82) is 0 Å². The van der Waals surface area contributed by atoms with Gasteiger partial charge in [-0.15, -0.1) is 0 Å². The SMILES string of the molecule is O=C(O)[C@H](CC(=O)N1CCC2(CCCCC2)CC1)Cc1ccccc1. The van der Waals surface area contributed by atoms with Crippen LogP contribution >= 0.6 is 0 Å². The molecule has 0 aromatic heterocycles. The molecule has 0 bridgehead atoms. The van der Waals surface area contributed by atoms with Gasteiger partial charge in [0.15, 0.2) is 0 Å². The first-order valence-corrected chi connectivity index (χ1v) is 9.63. The fraction of sp³-hybridized carbons (Fsp3) is 0.619. The Morgan fingerprint density at radius 1 is 1.00 bits per heavy atom. The summed E-state index contributed by atoms with van der Waals surface area (Å²) in [4.78, 5) is 26.1. The highest BCUT2D eigenvalue weighted by atomic mass is 16.4. The number of rotatable bonds is 5. The fourth-order valence-corrected chi connectivity index (χ4v) is 4.52. The molecule has 0 radical (unpaired) electrons. The van der Waals surface area contributed by atoms with E-state index in [1.165, 1.54) is 32.1 Å². The molecule has 25 heavy (non-hydrogen) atoms. The molecule has 3 rings (SSSR count). The largest absolute Gasteiger partial charge is 0.481 e. The molecule has 1 aromatic carbocycles. The molecular formula is C21H29NO3. The zero-order valence-electron chi connectivity index (χ0n) is 15.0. The Labute approximate surface area is 150 Å². The second-order valence-electron chi connectivity index (χ2n) is 7.87. The number of carbonyl (C=O) groups is 2. The van der Waals surface area contributed by atoms with Gasteiger partial charge in [-0.3, -0.25) is 9.59 Å². The molecule has 4 heteroatoms. The Morgan fingerprint density at radius 2 is 1.64 bits per heavy atom. The van der Waals surface area contributed by atoms with Crippen LogP contribution in [0.3, 0.4) is 0 Å². The lowest BCUT2D eigenvalue weighted by Crippen LogP contribution is -2.44. The summed E-state index contributed by atoms with van der Waals surface area (Å²) < 4.78 is 0. The molecule has 1 aliphatic carbocycles. The van der Waals surface area contributed by atoms with Gasteiger partial charge in [-0.05, 0) is 43.1 Å². The molecule has 1 aliphatic heterocycles. The summed E-state index contributed by atoms with van der Waals surface area (Å²) in [7, 11) is 0. The highest BCUT2D eigenvalue weighted by Gasteiger charge is 2.37. The predicted molar refractivity (Wildman–Crippen MR) is 97.2 cm³/mol. The molecule has 0 unspecified atom stereocenters. The maximum absolute atomic E-state index is 12.6. The molecular weight excluding hydrogens is 314 g/mol. The van der Waals surface area contributed by atoms with Crippen LogP contribution in [-0.4, -0.2) is 35.0 Å². The number of aliphatic carboxylic acids is 1. The van der Waals surface area contributed by atoms with Crippen LogP contribution in [0.1, 0.15) is 56.9 Å². The fourth-order valence-electron chi connectivity index (χ4n) is 4.52. The van der Waals surface area contributed by atoms with Crippen molar-refractivity contribution in [2.45, 2.75) is 57.8 Å². The molecule has 1 saturated heterocycles. The predicted octanol–water partition coefficient (Wildman–Crippen LogP) is 3.89. The lowest BCUT2D eigenvalue weighted by molar-refractivity contribution is -0.146. The van der Waals surface area contributed by atoms with Gasteiger partial charge in [0.25, 0.3) is 0 Å². The Hall–Kier alpha value is -1.84. The molecule has 1 atom stereocenters. The van der Waals surface area contributed by atoms with Gasteiger partial charge >= 0.3 is 5.97 Å². The third kappa shape index (κ3) is 4.62. The normalized spacial score (nSPS) is 21.0. The van der Waals surface area contributed by atoms with Crippen molar-refractivity contribution < 1.29 is 14.7 Å². The molecule has 1 aromatic rings. The van der Waals surface area contributed by atoms with Gasteiger partial charge in [-0.25, -0.2) is 0 Å². The van der Waals surface area contributed by atoms with E-state index in [0.717, 1.165) is 31.5 Å². The van der Waals surface area contributed by atoms with Gasteiger partial charge in [0.2, 0.25) is 5.91 Å². The zero-order valence-corrected chi connectivity index (χ0v) is 15.0. The van der Waals surface area contributed by atoms with Crippen LogP contribution in [0.25, 0.3) is 0 Å². The number of amides is 1. The van der Waals surface area contributed by atoms with Gasteiger partial charge in [-0.1, -0.05) is 49.6 Å². The van der Waals surface area contributed by atoms with Crippen molar-refractivity contribution in [1.82, 2.24) is 4.90 Å². The Morgan fingerprint density at radius 3 is 2.24 bits per heavy atom. The minimum atomic E-state index is -0.877. The van der Waals surface area contributed by atoms with Crippen LogP contribution in [0.4, 0.5) is 0 Å². The van der Waals surface area contributed by atoms with Crippen LogP contribution in [0, 0.1) is 11.3 Å². The van der Waals surface area contributed by atoms with E-state index >= 15 is 0 Å². The molecule has 1 spiro atoms. The van der Waals surface area contributed by atoms with E-state index in [1.807, 2.05) is 35.2 Å². The maximum Gasteiger partial charge on any atom is 0.307 e. The first-order chi connectivity index (χ1) is 12.1. The van der Waals surface area contributed by atoms with Crippen LogP contribution < -0.4 is 0 Å². The second-order valence-corrected chi connectivity index (χ2v) is 7.87. The monoisotopic (exact) mass is 343 g/mol. The first kappa shape index (κ1) is 18.0. The quantitative estimate of drug-likeness (QED) is 0.882. The van der Waals surface area contributed by atoms with Crippen molar-refractivity contribution in [3.8, 4) is 0 Å². The number of likely N-dealkylation sites (tertiary alicyclic amines) is 1. The summed E-state index contributed by atoms with van der Waals surface area (Å²) in [6.45, 7) is 1.60. The maximum atomic E-state index is 12.6. The summed E-state index contributed by atoms with van der Waals surface area (Å²) in [6.07, 6.45) is 9.32. The molecule has 1 amide bonds. The van der Waals surface area contributed by atoms with Gasteiger partial charge < -0.3 is 10.0 Å². The summed E-state index contributed by atoms with van der Waals surface area (Å²) >= 11 is 0. The number of carboxylic acid groups (broad SMARTS) is 1. The van der Waals surface area contributed by atoms with Crippen molar-refractivity contribution in [3.63, 3.8) is 0 Å². The Bertz CT molecular complexity index is 582. The lowest BCUT2D eigenvalue weighted by atomic mass is 9.68. The first-order valence-electron chi connectivity index (χ1n) is 9.63.